The van der Waals surface area contributed by atoms with Gasteiger partial charge in [-0.15, -0.1) is 0 Å². The first-order valence-corrected chi connectivity index (χ1v) is 10.6. The molecule has 1 unspecified atom stereocenters. The minimum Gasteiger partial charge on any atom is -0.356 e. The maximum Gasteiger partial charge on any atom is 0.257 e. The van der Waals surface area contributed by atoms with Crippen molar-refractivity contribution in [3.8, 4) is 17.3 Å². The number of aromatic nitrogens is 3. The Morgan fingerprint density at radius 3 is 2.75 bits per heavy atom. The van der Waals surface area contributed by atoms with E-state index in [9.17, 15) is 10.1 Å². The fourth-order valence-electron chi connectivity index (χ4n) is 3.97. The van der Waals surface area contributed by atoms with Gasteiger partial charge in [-0.05, 0) is 61.7 Å². The highest BCUT2D eigenvalue weighted by Gasteiger charge is 2.22. The molecule has 1 fully saturated rings. The van der Waals surface area contributed by atoms with Crippen LogP contribution in [0.3, 0.4) is 0 Å². The van der Waals surface area contributed by atoms with E-state index < -0.39 is 0 Å². The Morgan fingerprint density at radius 1 is 1.16 bits per heavy atom. The van der Waals surface area contributed by atoms with Gasteiger partial charge in [0, 0.05) is 35.6 Å². The van der Waals surface area contributed by atoms with Gasteiger partial charge in [0.25, 0.3) is 5.91 Å². The Morgan fingerprint density at radius 2 is 2.03 bits per heavy atom. The van der Waals surface area contributed by atoms with Gasteiger partial charge in [-0.1, -0.05) is 12.1 Å². The number of benzene rings is 2. The number of rotatable bonds is 4. The van der Waals surface area contributed by atoms with Crippen LogP contribution in [0.1, 0.15) is 41.4 Å². The standard InChI is InChI=1S/C25H21N5O2/c26-15-17-6-11-22-21(14-17)24(29-30(22)23-5-1-2-13-32-23)18-7-9-20(10-8-18)28-25(31)19-4-3-12-27-16-19/h3-4,6-12,14,16,23H,1-2,5,13H2,(H,28,31). The number of nitrogens with one attached hydrogen (secondary N) is 1. The summed E-state index contributed by atoms with van der Waals surface area (Å²) in [4.78, 5) is 16.4. The van der Waals surface area contributed by atoms with E-state index in [0.717, 1.165) is 48.0 Å². The summed E-state index contributed by atoms with van der Waals surface area (Å²) >= 11 is 0. The molecule has 7 nitrogen and oxygen atoms in total. The molecule has 0 saturated carbocycles. The lowest BCUT2D eigenvalue weighted by molar-refractivity contribution is -0.0365. The van der Waals surface area contributed by atoms with Crippen molar-refractivity contribution in [2.45, 2.75) is 25.5 Å². The number of nitriles is 1. The van der Waals surface area contributed by atoms with Gasteiger partial charge in [0.05, 0.1) is 22.7 Å². The zero-order valence-corrected chi connectivity index (χ0v) is 17.4. The summed E-state index contributed by atoms with van der Waals surface area (Å²) in [6.07, 6.45) is 6.13. The fourth-order valence-corrected chi connectivity index (χ4v) is 3.97. The highest BCUT2D eigenvalue weighted by Crippen LogP contribution is 2.33. The van der Waals surface area contributed by atoms with Gasteiger partial charge in [-0.3, -0.25) is 9.78 Å². The summed E-state index contributed by atoms with van der Waals surface area (Å²) in [5.41, 5.74) is 4.40. The maximum atomic E-state index is 12.4. The van der Waals surface area contributed by atoms with Crippen LogP contribution < -0.4 is 5.32 Å². The smallest absolute Gasteiger partial charge is 0.257 e. The normalized spacial score (nSPS) is 15.9. The van der Waals surface area contributed by atoms with Crippen LogP contribution in [-0.2, 0) is 4.74 Å². The van der Waals surface area contributed by atoms with Crippen molar-refractivity contribution in [2.24, 2.45) is 0 Å². The van der Waals surface area contributed by atoms with Gasteiger partial charge in [0.15, 0.2) is 6.23 Å². The molecule has 1 N–H and O–H groups in total. The summed E-state index contributed by atoms with van der Waals surface area (Å²) in [5.74, 6) is -0.214. The second-order valence-corrected chi connectivity index (χ2v) is 7.73. The average Bonchev–Trinajstić information content (AvgIpc) is 3.24. The number of hydrogen-bond donors (Lipinski definition) is 1. The minimum absolute atomic E-state index is 0.106. The predicted octanol–water partition coefficient (Wildman–Crippen LogP) is 4.92. The van der Waals surface area contributed by atoms with Crippen LogP contribution in [0, 0.1) is 11.3 Å². The predicted molar refractivity (Wildman–Crippen MR) is 121 cm³/mol. The number of amides is 1. The Balaban J connectivity index is 1.48. The number of nitrogens with zero attached hydrogens (tertiary/aromatic N) is 4. The summed E-state index contributed by atoms with van der Waals surface area (Å²) in [6.45, 7) is 0.725. The molecule has 2 aromatic carbocycles. The molecule has 1 saturated heterocycles. The monoisotopic (exact) mass is 423 g/mol. The van der Waals surface area contributed by atoms with Crippen molar-refractivity contribution < 1.29 is 9.53 Å². The van der Waals surface area contributed by atoms with Gasteiger partial charge in [0.2, 0.25) is 0 Å². The molecular formula is C25H21N5O2. The van der Waals surface area contributed by atoms with Crippen molar-refractivity contribution in [3.05, 3.63) is 78.1 Å². The molecule has 1 amide bonds. The minimum atomic E-state index is -0.214. The lowest BCUT2D eigenvalue weighted by Crippen LogP contribution is -2.19. The topological polar surface area (TPSA) is 92.8 Å². The van der Waals surface area contributed by atoms with Crippen LogP contribution in [0.4, 0.5) is 5.69 Å². The van der Waals surface area contributed by atoms with Gasteiger partial charge >= 0.3 is 0 Å². The maximum absolute atomic E-state index is 12.4. The molecule has 158 valence electrons. The van der Waals surface area contributed by atoms with Gasteiger partial charge in [0.1, 0.15) is 5.69 Å². The van der Waals surface area contributed by atoms with E-state index in [2.05, 4.69) is 16.4 Å². The first-order chi connectivity index (χ1) is 15.7. The van der Waals surface area contributed by atoms with E-state index in [4.69, 9.17) is 9.84 Å². The van der Waals surface area contributed by atoms with Crippen LogP contribution in [-0.4, -0.2) is 27.3 Å². The third-order valence-corrected chi connectivity index (χ3v) is 5.60. The van der Waals surface area contributed by atoms with E-state index in [1.165, 1.54) is 6.20 Å². The molecule has 1 aliphatic rings. The highest BCUT2D eigenvalue weighted by atomic mass is 16.5. The van der Waals surface area contributed by atoms with Crippen molar-refractivity contribution in [1.82, 2.24) is 14.8 Å². The number of ether oxygens (including phenoxy) is 1. The second-order valence-electron chi connectivity index (χ2n) is 7.73. The third kappa shape index (κ3) is 3.84. The number of pyridine rings is 1. The van der Waals surface area contributed by atoms with E-state index in [-0.39, 0.29) is 12.1 Å². The van der Waals surface area contributed by atoms with E-state index in [1.54, 1.807) is 18.3 Å². The zero-order chi connectivity index (χ0) is 21.9. The molecule has 0 bridgehead atoms. The fraction of sp³-hybridized carbons (Fsp3) is 0.200. The average molecular weight is 423 g/mol. The summed E-state index contributed by atoms with van der Waals surface area (Å²) in [5, 5.41) is 18.1. The Hall–Kier alpha value is -4.02. The number of carbonyl (C=O) groups excluding carboxylic acids is 1. The third-order valence-electron chi connectivity index (χ3n) is 5.60. The van der Waals surface area contributed by atoms with Crippen LogP contribution in [0.15, 0.2) is 67.0 Å². The van der Waals surface area contributed by atoms with E-state index >= 15 is 0 Å². The SMILES string of the molecule is N#Cc1ccc2c(c1)c(-c1ccc(NC(=O)c3cccnc3)cc1)nn2C1CCCCO1. The molecule has 0 spiro atoms. The molecule has 0 radical (unpaired) electrons. The molecule has 2 aromatic heterocycles. The largest absolute Gasteiger partial charge is 0.356 e. The lowest BCUT2D eigenvalue weighted by Gasteiger charge is -2.23. The molecule has 0 aliphatic carbocycles. The van der Waals surface area contributed by atoms with Crippen LogP contribution in [0.2, 0.25) is 0 Å². The zero-order valence-electron chi connectivity index (χ0n) is 17.4. The number of carbonyl (C=O) groups is 1. The van der Waals surface area contributed by atoms with E-state index in [0.29, 0.717) is 16.8 Å². The molecule has 1 atom stereocenters. The summed E-state index contributed by atoms with van der Waals surface area (Å²) in [6, 6.07) is 18.8. The van der Waals surface area contributed by atoms with Gasteiger partial charge in [-0.25, -0.2) is 4.68 Å². The Kier molecular flexibility index (Phi) is 5.36. The van der Waals surface area contributed by atoms with Crippen LogP contribution in [0.25, 0.3) is 22.2 Å². The Labute approximate surface area is 185 Å². The lowest BCUT2D eigenvalue weighted by atomic mass is 10.1. The first kappa shape index (κ1) is 19.9. The Bertz CT molecular complexity index is 1300. The van der Waals surface area contributed by atoms with E-state index in [1.807, 2.05) is 47.1 Å². The summed E-state index contributed by atoms with van der Waals surface area (Å²) in [7, 11) is 0. The molecular weight excluding hydrogens is 402 g/mol. The molecule has 32 heavy (non-hydrogen) atoms. The second kappa shape index (κ2) is 8.61. The highest BCUT2D eigenvalue weighted by molar-refractivity contribution is 6.04. The molecule has 3 heterocycles. The number of fused-ring (bicyclic) bond motifs is 1. The molecule has 7 heteroatoms. The first-order valence-electron chi connectivity index (χ1n) is 10.6. The summed E-state index contributed by atoms with van der Waals surface area (Å²) < 4.78 is 7.90. The quantitative estimate of drug-likeness (QED) is 0.503. The number of anilines is 1. The van der Waals surface area contributed by atoms with Crippen molar-refractivity contribution in [2.75, 3.05) is 11.9 Å². The molecule has 1 aliphatic heterocycles. The molecule has 4 aromatic rings. The van der Waals surface area contributed by atoms with Crippen molar-refractivity contribution in [1.29, 1.82) is 5.26 Å². The van der Waals surface area contributed by atoms with Crippen molar-refractivity contribution in [3.63, 3.8) is 0 Å². The molecule has 5 rings (SSSR count). The number of hydrogen-bond acceptors (Lipinski definition) is 5. The van der Waals surface area contributed by atoms with Gasteiger partial charge < -0.3 is 10.1 Å². The van der Waals surface area contributed by atoms with Crippen LogP contribution >= 0.6 is 0 Å². The van der Waals surface area contributed by atoms with Gasteiger partial charge in [-0.2, -0.15) is 10.4 Å². The van der Waals surface area contributed by atoms with Crippen molar-refractivity contribution >= 4 is 22.5 Å². The van der Waals surface area contributed by atoms with Crippen LogP contribution in [0.5, 0.6) is 0 Å².